The van der Waals surface area contributed by atoms with Gasteiger partial charge in [-0.1, -0.05) is 330 Å². The predicted octanol–water partition coefficient (Wildman–Crippen LogP) is 21.3. The molecule has 5 atom stereocenters. The lowest BCUT2D eigenvalue weighted by atomic mass is 10.0. The summed E-state index contributed by atoms with van der Waals surface area (Å²) in [6.07, 6.45) is 54.5. The molecule has 0 aliphatic rings. The zero-order valence-electron chi connectivity index (χ0n) is 59.7. The van der Waals surface area contributed by atoms with Crippen molar-refractivity contribution in [1.29, 1.82) is 0 Å². The number of aliphatic hydroxyl groups is 1. The molecular weight excluding hydrogens is 1210 g/mol. The molecular formula is C73H142O17P2. The Balaban J connectivity index is 5.15. The van der Waals surface area contributed by atoms with Crippen LogP contribution in [0.2, 0.25) is 0 Å². The van der Waals surface area contributed by atoms with Gasteiger partial charge in [-0.2, -0.15) is 0 Å². The van der Waals surface area contributed by atoms with Gasteiger partial charge in [-0.25, -0.2) is 9.13 Å². The van der Waals surface area contributed by atoms with Crippen LogP contribution in [0.4, 0.5) is 0 Å². The Morgan fingerprint density at radius 3 is 0.739 bits per heavy atom. The standard InChI is InChI=1S/C73H142O17P2/c1-6-9-12-15-17-19-21-23-25-27-29-31-35-39-43-48-53-58-73(78)90-69(63-84-71(76)57-52-47-42-38-34-30-28-26-24-22-20-18-16-13-10-7-2)65-88-92(81,82)86-61-67(74)60-85-91(79,80)87-64-68(62-83-70(75)56-51-45-14-11-8-3)89-72(77)59-54-49-44-40-36-32-33-37-41-46-50-55-66(4)5/h66-69,74H,6-65H2,1-5H3,(H,79,80)(H,81,82)/t67-,68+,69+/m0/s1. The van der Waals surface area contributed by atoms with Gasteiger partial charge in [-0.3, -0.25) is 37.3 Å². The van der Waals surface area contributed by atoms with E-state index in [0.717, 1.165) is 102 Å². The number of unbranched alkanes of at least 4 members (excludes halogenated alkanes) is 45. The minimum absolute atomic E-state index is 0.106. The second-order valence-corrected chi connectivity index (χ2v) is 29.7. The summed E-state index contributed by atoms with van der Waals surface area (Å²) in [5.41, 5.74) is 0. The van der Waals surface area contributed by atoms with Crippen LogP contribution < -0.4 is 0 Å². The summed E-state index contributed by atoms with van der Waals surface area (Å²) >= 11 is 0. The van der Waals surface area contributed by atoms with E-state index >= 15 is 0 Å². The zero-order chi connectivity index (χ0) is 67.7. The van der Waals surface area contributed by atoms with Crippen molar-refractivity contribution in [2.75, 3.05) is 39.6 Å². The van der Waals surface area contributed by atoms with Crippen LogP contribution in [-0.4, -0.2) is 96.7 Å². The van der Waals surface area contributed by atoms with Gasteiger partial charge in [0.1, 0.15) is 19.3 Å². The van der Waals surface area contributed by atoms with Crippen LogP contribution in [0.1, 0.15) is 381 Å². The first kappa shape index (κ1) is 90.1. The van der Waals surface area contributed by atoms with Gasteiger partial charge < -0.3 is 33.8 Å². The van der Waals surface area contributed by atoms with E-state index in [2.05, 4.69) is 34.6 Å². The topological polar surface area (TPSA) is 237 Å². The Kier molecular flexibility index (Phi) is 64.9. The molecule has 92 heavy (non-hydrogen) atoms. The van der Waals surface area contributed by atoms with Crippen molar-refractivity contribution < 1.29 is 80.2 Å². The Labute approximate surface area is 562 Å². The number of rotatable bonds is 73. The van der Waals surface area contributed by atoms with Crippen molar-refractivity contribution in [3.05, 3.63) is 0 Å². The first-order valence-electron chi connectivity index (χ1n) is 38.1. The summed E-state index contributed by atoms with van der Waals surface area (Å²) in [5.74, 6) is -1.36. The summed E-state index contributed by atoms with van der Waals surface area (Å²) in [6.45, 7) is 7.19. The number of aliphatic hydroxyl groups excluding tert-OH is 1. The molecule has 19 heteroatoms. The number of carbonyl (C=O) groups excluding carboxylic acids is 4. The zero-order valence-corrected chi connectivity index (χ0v) is 61.5. The van der Waals surface area contributed by atoms with Crippen molar-refractivity contribution >= 4 is 39.5 Å². The van der Waals surface area contributed by atoms with Gasteiger partial charge in [-0.15, -0.1) is 0 Å². The smallest absolute Gasteiger partial charge is 0.462 e. The van der Waals surface area contributed by atoms with Crippen LogP contribution in [0.3, 0.4) is 0 Å². The molecule has 0 aliphatic heterocycles. The average Bonchev–Trinajstić information content (AvgIpc) is 2.39. The third-order valence-electron chi connectivity index (χ3n) is 17.0. The van der Waals surface area contributed by atoms with Gasteiger partial charge in [0, 0.05) is 25.7 Å². The fourth-order valence-electron chi connectivity index (χ4n) is 11.2. The molecule has 17 nitrogen and oxygen atoms in total. The molecule has 0 amide bonds. The minimum Gasteiger partial charge on any atom is -0.462 e. The number of phosphoric ester groups is 2. The van der Waals surface area contributed by atoms with Gasteiger partial charge in [0.05, 0.1) is 26.4 Å². The molecule has 0 saturated heterocycles. The van der Waals surface area contributed by atoms with E-state index in [9.17, 15) is 43.2 Å². The lowest BCUT2D eigenvalue weighted by molar-refractivity contribution is -0.161. The fourth-order valence-corrected chi connectivity index (χ4v) is 12.8. The van der Waals surface area contributed by atoms with Crippen LogP contribution in [0, 0.1) is 5.92 Å². The molecule has 0 rings (SSSR count). The summed E-state index contributed by atoms with van der Waals surface area (Å²) in [5, 5.41) is 10.6. The fraction of sp³-hybridized carbons (Fsp3) is 0.945. The molecule has 0 heterocycles. The highest BCUT2D eigenvalue weighted by Gasteiger charge is 2.30. The van der Waals surface area contributed by atoms with E-state index in [4.69, 9.17) is 37.0 Å². The van der Waals surface area contributed by atoms with E-state index in [-0.39, 0.29) is 25.7 Å². The molecule has 0 fully saturated rings. The Morgan fingerprint density at radius 1 is 0.293 bits per heavy atom. The number of ether oxygens (including phenoxy) is 4. The summed E-state index contributed by atoms with van der Waals surface area (Å²) < 4.78 is 68.2. The number of phosphoric acid groups is 2. The molecule has 0 aromatic carbocycles. The molecule has 546 valence electrons. The molecule has 0 radical (unpaired) electrons. The van der Waals surface area contributed by atoms with Crippen LogP contribution in [0.15, 0.2) is 0 Å². The minimum atomic E-state index is -4.95. The van der Waals surface area contributed by atoms with E-state index in [0.29, 0.717) is 25.7 Å². The Morgan fingerprint density at radius 2 is 0.500 bits per heavy atom. The van der Waals surface area contributed by atoms with Crippen LogP contribution in [0.25, 0.3) is 0 Å². The highest BCUT2D eigenvalue weighted by Crippen LogP contribution is 2.45. The predicted molar refractivity (Wildman–Crippen MR) is 372 cm³/mol. The highest BCUT2D eigenvalue weighted by molar-refractivity contribution is 7.47. The molecule has 0 bridgehead atoms. The van der Waals surface area contributed by atoms with E-state index in [1.54, 1.807) is 0 Å². The van der Waals surface area contributed by atoms with Crippen LogP contribution in [0.5, 0.6) is 0 Å². The summed E-state index contributed by atoms with van der Waals surface area (Å²) in [7, 11) is -9.90. The summed E-state index contributed by atoms with van der Waals surface area (Å²) in [6, 6.07) is 0. The van der Waals surface area contributed by atoms with Crippen molar-refractivity contribution in [1.82, 2.24) is 0 Å². The molecule has 0 aliphatic carbocycles. The third kappa shape index (κ3) is 66.7. The first-order valence-corrected chi connectivity index (χ1v) is 41.1. The SMILES string of the molecule is CCCCCCCCCCCCCCCCCCCC(=O)O[C@H](COC(=O)CCCCCCCCCCCCCCCCCC)COP(=O)(O)OC[C@@H](O)COP(=O)(O)OC[C@@H](COC(=O)CCCCCCC)OC(=O)CCCCCCCCCCCCCC(C)C. The maximum atomic E-state index is 13.0. The van der Waals surface area contributed by atoms with Gasteiger partial charge in [0.15, 0.2) is 12.2 Å². The normalized spacial score (nSPS) is 14.0. The van der Waals surface area contributed by atoms with Crippen molar-refractivity contribution in [3.63, 3.8) is 0 Å². The Hall–Kier alpha value is -1.94. The van der Waals surface area contributed by atoms with Crippen LogP contribution in [-0.2, 0) is 65.4 Å². The van der Waals surface area contributed by atoms with E-state index in [1.807, 2.05) is 0 Å². The second kappa shape index (κ2) is 66.3. The number of hydrogen-bond acceptors (Lipinski definition) is 15. The highest BCUT2D eigenvalue weighted by atomic mass is 31.2. The van der Waals surface area contributed by atoms with Gasteiger partial charge in [0.25, 0.3) is 0 Å². The number of hydrogen-bond donors (Lipinski definition) is 3. The molecule has 3 N–H and O–H groups in total. The quantitative estimate of drug-likeness (QED) is 0.0222. The van der Waals surface area contributed by atoms with Crippen LogP contribution >= 0.6 is 15.6 Å². The maximum Gasteiger partial charge on any atom is 0.472 e. The summed E-state index contributed by atoms with van der Waals surface area (Å²) in [4.78, 5) is 72.4. The van der Waals surface area contributed by atoms with Crippen molar-refractivity contribution in [2.45, 2.75) is 400 Å². The van der Waals surface area contributed by atoms with Gasteiger partial charge >= 0.3 is 39.5 Å². The average molecular weight is 1350 g/mol. The van der Waals surface area contributed by atoms with Crippen molar-refractivity contribution in [3.8, 4) is 0 Å². The number of carbonyl (C=O) groups is 4. The molecule has 0 saturated carbocycles. The number of esters is 4. The van der Waals surface area contributed by atoms with E-state index in [1.165, 1.54) is 199 Å². The van der Waals surface area contributed by atoms with Gasteiger partial charge in [-0.05, 0) is 31.6 Å². The first-order chi connectivity index (χ1) is 44.5. The van der Waals surface area contributed by atoms with Crippen molar-refractivity contribution in [2.24, 2.45) is 5.92 Å². The molecule has 0 aromatic rings. The molecule has 0 spiro atoms. The van der Waals surface area contributed by atoms with Gasteiger partial charge in [0.2, 0.25) is 0 Å². The lowest BCUT2D eigenvalue weighted by Crippen LogP contribution is -2.30. The molecule has 0 aromatic heterocycles. The largest absolute Gasteiger partial charge is 0.472 e. The Bertz CT molecular complexity index is 1770. The monoisotopic (exact) mass is 1350 g/mol. The second-order valence-electron chi connectivity index (χ2n) is 26.8. The third-order valence-corrected chi connectivity index (χ3v) is 18.9. The maximum absolute atomic E-state index is 13.0. The lowest BCUT2D eigenvalue weighted by Gasteiger charge is -2.21. The van der Waals surface area contributed by atoms with E-state index < -0.39 is 97.5 Å². The molecule has 2 unspecified atom stereocenters.